The van der Waals surface area contributed by atoms with Crippen LogP contribution in [0.3, 0.4) is 0 Å². The summed E-state index contributed by atoms with van der Waals surface area (Å²) in [6.07, 6.45) is 1.79. The van der Waals surface area contributed by atoms with Crippen LogP contribution in [0.15, 0.2) is 30.5 Å². The summed E-state index contributed by atoms with van der Waals surface area (Å²) in [6.45, 7) is 6.67. The Morgan fingerprint density at radius 3 is 2.39 bits per heavy atom. The minimum absolute atomic E-state index is 0.197. The van der Waals surface area contributed by atoms with Crippen molar-refractivity contribution in [3.8, 4) is 0 Å². The fourth-order valence-electron chi connectivity index (χ4n) is 1.85. The molecule has 0 amide bonds. The van der Waals surface area contributed by atoms with Crippen molar-refractivity contribution in [2.45, 2.75) is 26.2 Å². The molecular formula is C14H21N4+. The number of rotatable bonds is 3. The first kappa shape index (κ1) is 12.6. The normalized spacial score (nSPS) is 11.6. The minimum Gasteiger partial charge on any atom is -0.381 e. The quantitative estimate of drug-likeness (QED) is 0.727. The van der Waals surface area contributed by atoms with Gasteiger partial charge in [-0.3, -0.25) is 5.32 Å². The maximum atomic E-state index is 4.03. The van der Waals surface area contributed by atoms with Gasteiger partial charge in [0, 0.05) is 7.05 Å². The van der Waals surface area contributed by atoms with Gasteiger partial charge in [-0.2, -0.15) is 5.10 Å². The molecule has 2 rings (SSSR count). The molecule has 0 aliphatic heterocycles. The summed E-state index contributed by atoms with van der Waals surface area (Å²) in [4.78, 5) is 0. The van der Waals surface area contributed by atoms with E-state index < -0.39 is 0 Å². The van der Waals surface area contributed by atoms with Crippen LogP contribution in [0.4, 0.5) is 17.2 Å². The van der Waals surface area contributed by atoms with Gasteiger partial charge in [0.2, 0.25) is 5.82 Å². The lowest BCUT2D eigenvalue weighted by atomic mass is 9.87. The molecule has 4 heteroatoms. The molecular weight excluding hydrogens is 224 g/mol. The number of quaternary nitrogens is 1. The Labute approximate surface area is 108 Å². The van der Waals surface area contributed by atoms with E-state index in [1.807, 2.05) is 7.05 Å². The van der Waals surface area contributed by atoms with Crippen molar-refractivity contribution in [1.29, 1.82) is 0 Å². The fourth-order valence-corrected chi connectivity index (χ4v) is 1.85. The Hall–Kier alpha value is -1.81. The lowest BCUT2D eigenvalue weighted by Gasteiger charge is -2.18. The molecule has 18 heavy (non-hydrogen) atoms. The summed E-state index contributed by atoms with van der Waals surface area (Å²) >= 11 is 0. The van der Waals surface area contributed by atoms with Crippen LogP contribution in [0.2, 0.25) is 0 Å². The van der Waals surface area contributed by atoms with Gasteiger partial charge in [0.05, 0.1) is 6.20 Å². The van der Waals surface area contributed by atoms with Crippen molar-refractivity contribution in [3.63, 3.8) is 0 Å². The number of anilines is 1. The molecule has 0 radical (unpaired) electrons. The molecule has 0 bridgehead atoms. The summed E-state index contributed by atoms with van der Waals surface area (Å²) in [6, 6.07) is 8.64. The zero-order valence-corrected chi connectivity index (χ0v) is 11.4. The number of aromatic nitrogens is 2. The smallest absolute Gasteiger partial charge is 0.248 e. The summed E-state index contributed by atoms with van der Waals surface area (Å²) in [7, 11) is 1.89. The van der Waals surface area contributed by atoms with Crippen LogP contribution in [0.1, 0.15) is 26.3 Å². The van der Waals surface area contributed by atoms with Crippen molar-refractivity contribution in [1.82, 2.24) is 10.2 Å². The van der Waals surface area contributed by atoms with Crippen LogP contribution in [0, 0.1) is 0 Å². The number of H-pyrrole nitrogens is 1. The van der Waals surface area contributed by atoms with Gasteiger partial charge in [0.15, 0.2) is 0 Å². The molecule has 0 atom stereocenters. The van der Waals surface area contributed by atoms with Crippen LogP contribution >= 0.6 is 0 Å². The molecule has 2 aromatic rings. The predicted octanol–water partition coefficient (Wildman–Crippen LogP) is 2.28. The summed E-state index contributed by atoms with van der Waals surface area (Å²) in [5, 5.41) is 12.2. The van der Waals surface area contributed by atoms with Gasteiger partial charge in [-0.05, 0) is 23.1 Å². The first-order valence-electron chi connectivity index (χ1n) is 6.17. The Morgan fingerprint density at radius 1 is 1.17 bits per heavy atom. The molecule has 0 saturated heterocycles. The predicted molar refractivity (Wildman–Crippen MR) is 74.5 cm³/mol. The van der Waals surface area contributed by atoms with E-state index in [0.717, 1.165) is 11.5 Å². The molecule has 4 nitrogen and oxygen atoms in total. The molecule has 1 aromatic heterocycles. The zero-order valence-electron chi connectivity index (χ0n) is 11.4. The van der Waals surface area contributed by atoms with Crippen LogP contribution in [0.25, 0.3) is 0 Å². The van der Waals surface area contributed by atoms with E-state index in [0.29, 0.717) is 0 Å². The molecule has 0 spiro atoms. The number of benzene rings is 1. The van der Waals surface area contributed by atoms with Gasteiger partial charge in [0.25, 0.3) is 0 Å². The molecule has 0 aliphatic rings. The van der Waals surface area contributed by atoms with Crippen molar-refractivity contribution in [2.24, 2.45) is 0 Å². The SMILES string of the molecule is CNc1cn[nH]c1[NH2+]c1ccc(C(C)(C)C)cc1. The number of hydrogen-bond acceptors (Lipinski definition) is 2. The fraction of sp³-hybridized carbons (Fsp3) is 0.357. The van der Waals surface area contributed by atoms with E-state index in [1.165, 1.54) is 11.3 Å². The Kier molecular flexibility index (Phi) is 3.39. The molecule has 0 unspecified atom stereocenters. The van der Waals surface area contributed by atoms with E-state index in [1.54, 1.807) is 6.20 Å². The largest absolute Gasteiger partial charge is 0.381 e. The van der Waals surface area contributed by atoms with E-state index in [2.05, 4.69) is 65.9 Å². The monoisotopic (exact) mass is 245 g/mol. The second-order valence-electron chi connectivity index (χ2n) is 5.46. The van der Waals surface area contributed by atoms with Crippen LogP contribution < -0.4 is 10.6 Å². The maximum Gasteiger partial charge on any atom is 0.248 e. The Bertz CT molecular complexity index is 505. The van der Waals surface area contributed by atoms with Gasteiger partial charge >= 0.3 is 0 Å². The second kappa shape index (κ2) is 4.82. The molecule has 4 N–H and O–H groups in total. The number of aromatic amines is 1. The second-order valence-corrected chi connectivity index (χ2v) is 5.46. The highest BCUT2D eigenvalue weighted by Gasteiger charge is 2.14. The number of nitrogens with two attached hydrogens (primary N) is 1. The molecule has 1 aromatic carbocycles. The third kappa shape index (κ3) is 2.71. The van der Waals surface area contributed by atoms with Gasteiger partial charge in [-0.1, -0.05) is 32.9 Å². The highest BCUT2D eigenvalue weighted by atomic mass is 15.2. The van der Waals surface area contributed by atoms with Crippen molar-refractivity contribution in [2.75, 3.05) is 12.4 Å². The highest BCUT2D eigenvalue weighted by molar-refractivity contribution is 5.55. The minimum atomic E-state index is 0.197. The van der Waals surface area contributed by atoms with Crippen molar-refractivity contribution in [3.05, 3.63) is 36.0 Å². The third-order valence-corrected chi connectivity index (χ3v) is 3.03. The Balaban J connectivity index is 2.16. The highest BCUT2D eigenvalue weighted by Crippen LogP contribution is 2.22. The first-order chi connectivity index (χ1) is 8.50. The summed E-state index contributed by atoms with van der Waals surface area (Å²) < 4.78 is 0. The standard InChI is InChI=1S/C14H20N4/c1-14(2,3)10-5-7-11(8-6-10)17-13-12(15-4)9-16-18-13/h5-9,15H,1-4H3,(H2,16,17,18)/p+1. The lowest BCUT2D eigenvalue weighted by Crippen LogP contribution is -2.71. The molecule has 96 valence electrons. The molecule has 0 saturated carbocycles. The van der Waals surface area contributed by atoms with Gasteiger partial charge < -0.3 is 5.32 Å². The van der Waals surface area contributed by atoms with E-state index in [4.69, 9.17) is 0 Å². The van der Waals surface area contributed by atoms with Crippen LogP contribution in [-0.2, 0) is 5.41 Å². The van der Waals surface area contributed by atoms with Crippen molar-refractivity contribution >= 4 is 17.2 Å². The van der Waals surface area contributed by atoms with Crippen LogP contribution in [0.5, 0.6) is 0 Å². The third-order valence-electron chi connectivity index (χ3n) is 3.03. The van der Waals surface area contributed by atoms with Gasteiger partial charge in [-0.25, -0.2) is 5.10 Å². The number of hydrogen-bond donors (Lipinski definition) is 3. The molecule has 0 fully saturated rings. The van der Waals surface area contributed by atoms with Gasteiger partial charge in [0.1, 0.15) is 11.4 Å². The van der Waals surface area contributed by atoms with Crippen molar-refractivity contribution < 1.29 is 5.32 Å². The number of nitrogens with one attached hydrogen (secondary N) is 2. The Morgan fingerprint density at radius 2 is 1.83 bits per heavy atom. The van der Waals surface area contributed by atoms with E-state index >= 15 is 0 Å². The topological polar surface area (TPSA) is 57.3 Å². The molecule has 0 aliphatic carbocycles. The lowest BCUT2D eigenvalue weighted by molar-refractivity contribution is -0.482. The van der Waals surface area contributed by atoms with Crippen LogP contribution in [-0.4, -0.2) is 17.2 Å². The average molecular weight is 245 g/mol. The van der Waals surface area contributed by atoms with E-state index in [-0.39, 0.29) is 5.41 Å². The number of nitrogens with zero attached hydrogens (tertiary/aromatic N) is 1. The van der Waals surface area contributed by atoms with Gasteiger partial charge in [-0.15, -0.1) is 0 Å². The average Bonchev–Trinajstić information content (AvgIpc) is 2.76. The summed E-state index contributed by atoms with van der Waals surface area (Å²) in [5.41, 5.74) is 3.72. The molecule has 1 heterocycles. The first-order valence-corrected chi connectivity index (χ1v) is 6.17. The van der Waals surface area contributed by atoms with E-state index in [9.17, 15) is 0 Å². The maximum absolute atomic E-state index is 4.03. The summed E-state index contributed by atoms with van der Waals surface area (Å²) in [5.74, 6) is 1.00. The zero-order chi connectivity index (χ0) is 13.2.